The largest absolute Gasteiger partial charge is 0.493 e. The van der Waals surface area contributed by atoms with Gasteiger partial charge in [0, 0.05) is 5.56 Å². The number of nitriles is 1. The van der Waals surface area contributed by atoms with Gasteiger partial charge in [-0.3, -0.25) is 14.5 Å². The summed E-state index contributed by atoms with van der Waals surface area (Å²) in [5.74, 6) is 0.302. The van der Waals surface area contributed by atoms with E-state index in [0.717, 1.165) is 22.2 Å². The molecule has 130 valence electrons. The van der Waals surface area contributed by atoms with Crippen molar-refractivity contribution in [2.45, 2.75) is 13.5 Å². The molecule has 1 aliphatic rings. The molecule has 5 nitrogen and oxygen atoms in total. The topological polar surface area (TPSA) is 70.4 Å². The van der Waals surface area contributed by atoms with Gasteiger partial charge in [-0.1, -0.05) is 36.4 Å². The van der Waals surface area contributed by atoms with Crippen molar-refractivity contribution in [3.63, 3.8) is 0 Å². The second-order valence-corrected chi connectivity index (χ2v) is 6.50. The summed E-state index contributed by atoms with van der Waals surface area (Å²) in [7, 11) is 0. The van der Waals surface area contributed by atoms with E-state index in [1.54, 1.807) is 30.3 Å². The molecule has 1 saturated heterocycles. The number of nitrogens with zero attached hydrogens (tertiary/aromatic N) is 2. The Hall–Kier alpha value is -3.04. The molecule has 0 bridgehead atoms. The number of imide groups is 1. The maximum absolute atomic E-state index is 12.7. The molecule has 0 aromatic heterocycles. The van der Waals surface area contributed by atoms with Gasteiger partial charge in [-0.05, 0) is 42.5 Å². The molecule has 0 unspecified atom stereocenters. The van der Waals surface area contributed by atoms with Crippen molar-refractivity contribution in [3.05, 3.63) is 70.1 Å². The Labute approximate surface area is 155 Å². The van der Waals surface area contributed by atoms with E-state index < -0.39 is 0 Å². The van der Waals surface area contributed by atoms with Gasteiger partial charge >= 0.3 is 0 Å². The van der Waals surface area contributed by atoms with Crippen molar-refractivity contribution in [3.8, 4) is 11.8 Å². The SMILES string of the molecule is CCOc1ccccc1/C=C1/SC(=O)N(Cc2ccccc2C#N)C1=O. The summed E-state index contributed by atoms with van der Waals surface area (Å²) >= 11 is 0.896. The van der Waals surface area contributed by atoms with Gasteiger partial charge in [-0.15, -0.1) is 0 Å². The number of amides is 2. The quantitative estimate of drug-likeness (QED) is 0.744. The lowest BCUT2D eigenvalue weighted by molar-refractivity contribution is -0.123. The Balaban J connectivity index is 1.87. The van der Waals surface area contributed by atoms with Crippen LogP contribution < -0.4 is 4.74 Å². The molecular weight excluding hydrogens is 348 g/mol. The second kappa shape index (κ2) is 7.89. The zero-order chi connectivity index (χ0) is 18.5. The number of para-hydroxylation sites is 1. The van der Waals surface area contributed by atoms with Crippen LogP contribution in [0.2, 0.25) is 0 Å². The molecule has 26 heavy (non-hydrogen) atoms. The Morgan fingerprint density at radius 3 is 2.65 bits per heavy atom. The molecule has 1 aliphatic heterocycles. The van der Waals surface area contributed by atoms with Crippen molar-refractivity contribution in [2.75, 3.05) is 6.61 Å². The first kappa shape index (κ1) is 17.8. The van der Waals surface area contributed by atoms with E-state index in [-0.39, 0.29) is 17.7 Å². The van der Waals surface area contributed by atoms with E-state index in [1.165, 1.54) is 0 Å². The van der Waals surface area contributed by atoms with Crippen LogP contribution in [0.25, 0.3) is 6.08 Å². The number of carbonyl (C=O) groups is 2. The lowest BCUT2D eigenvalue weighted by Gasteiger charge is -2.13. The minimum atomic E-state index is -0.362. The van der Waals surface area contributed by atoms with Gasteiger partial charge in [0.1, 0.15) is 5.75 Å². The molecule has 0 atom stereocenters. The summed E-state index contributed by atoms with van der Waals surface area (Å²) in [6.45, 7) is 2.48. The number of carbonyl (C=O) groups excluding carboxylic acids is 2. The van der Waals surface area contributed by atoms with Gasteiger partial charge in [0.25, 0.3) is 11.1 Å². The fourth-order valence-corrected chi connectivity index (χ4v) is 3.43. The predicted octanol–water partition coefficient (Wildman–Crippen LogP) is 4.19. The van der Waals surface area contributed by atoms with Crippen LogP contribution in [0.1, 0.15) is 23.6 Å². The first-order chi connectivity index (χ1) is 12.6. The number of hydrogen-bond acceptors (Lipinski definition) is 5. The average Bonchev–Trinajstić information content (AvgIpc) is 2.91. The van der Waals surface area contributed by atoms with Gasteiger partial charge in [0.15, 0.2) is 0 Å². The van der Waals surface area contributed by atoms with Crippen LogP contribution in [0.5, 0.6) is 5.75 Å². The van der Waals surface area contributed by atoms with Crippen LogP contribution in [0.3, 0.4) is 0 Å². The van der Waals surface area contributed by atoms with Crippen molar-refractivity contribution < 1.29 is 14.3 Å². The number of ether oxygens (including phenoxy) is 1. The summed E-state index contributed by atoms with van der Waals surface area (Å²) in [4.78, 5) is 26.5. The number of thioether (sulfide) groups is 1. The van der Waals surface area contributed by atoms with Crippen LogP contribution in [0, 0.1) is 11.3 Å². The fraction of sp³-hybridized carbons (Fsp3) is 0.150. The second-order valence-electron chi connectivity index (χ2n) is 5.51. The maximum Gasteiger partial charge on any atom is 0.293 e. The average molecular weight is 364 g/mol. The number of benzene rings is 2. The molecule has 3 rings (SSSR count). The van der Waals surface area contributed by atoms with Crippen LogP contribution in [0.4, 0.5) is 4.79 Å². The molecule has 0 spiro atoms. The summed E-state index contributed by atoms with van der Waals surface area (Å²) in [5, 5.41) is 8.84. The molecule has 2 aromatic carbocycles. The van der Waals surface area contributed by atoms with Crippen LogP contribution in [-0.4, -0.2) is 22.7 Å². The lowest BCUT2D eigenvalue weighted by Crippen LogP contribution is -2.27. The Morgan fingerprint density at radius 1 is 1.15 bits per heavy atom. The third kappa shape index (κ3) is 3.63. The zero-order valence-corrected chi connectivity index (χ0v) is 15.0. The molecule has 0 N–H and O–H groups in total. The van der Waals surface area contributed by atoms with Crippen molar-refractivity contribution in [2.24, 2.45) is 0 Å². The minimum Gasteiger partial charge on any atom is -0.493 e. The zero-order valence-electron chi connectivity index (χ0n) is 14.1. The molecule has 1 heterocycles. The van der Waals surface area contributed by atoms with Gasteiger partial charge in [0.2, 0.25) is 0 Å². The molecular formula is C20H16N2O3S. The molecule has 1 fully saturated rings. The van der Waals surface area contributed by atoms with Gasteiger partial charge in [-0.2, -0.15) is 5.26 Å². The standard InChI is InChI=1S/C20H16N2O3S/c1-2-25-17-10-6-5-7-14(17)11-18-19(23)22(20(24)26-18)13-16-9-4-3-8-15(16)12-21/h3-11H,2,13H2,1H3/b18-11+. The smallest absolute Gasteiger partial charge is 0.293 e. The molecule has 6 heteroatoms. The van der Waals surface area contributed by atoms with Crippen LogP contribution in [-0.2, 0) is 11.3 Å². The van der Waals surface area contributed by atoms with E-state index in [9.17, 15) is 14.9 Å². The van der Waals surface area contributed by atoms with Crippen molar-refractivity contribution >= 4 is 29.0 Å². The van der Waals surface area contributed by atoms with Crippen molar-refractivity contribution in [1.29, 1.82) is 5.26 Å². The van der Waals surface area contributed by atoms with Gasteiger partial charge in [-0.25, -0.2) is 0 Å². The first-order valence-corrected chi connectivity index (χ1v) is 8.91. The highest BCUT2D eigenvalue weighted by Crippen LogP contribution is 2.35. The normalized spacial score (nSPS) is 15.4. The van der Waals surface area contributed by atoms with E-state index >= 15 is 0 Å². The molecule has 2 aromatic rings. The Morgan fingerprint density at radius 2 is 1.88 bits per heavy atom. The third-order valence-electron chi connectivity index (χ3n) is 3.85. The van der Waals surface area contributed by atoms with Gasteiger partial charge < -0.3 is 4.74 Å². The molecule has 0 aliphatic carbocycles. The monoisotopic (exact) mass is 364 g/mol. The Bertz CT molecular complexity index is 931. The summed E-state index contributed by atoms with van der Waals surface area (Å²) in [5.41, 5.74) is 1.85. The number of hydrogen-bond donors (Lipinski definition) is 0. The highest BCUT2D eigenvalue weighted by molar-refractivity contribution is 8.18. The van der Waals surface area contributed by atoms with E-state index in [2.05, 4.69) is 6.07 Å². The van der Waals surface area contributed by atoms with Gasteiger partial charge in [0.05, 0.1) is 29.7 Å². The molecule has 2 amide bonds. The number of rotatable bonds is 5. The third-order valence-corrected chi connectivity index (χ3v) is 4.75. The van der Waals surface area contributed by atoms with E-state index in [1.807, 2.05) is 31.2 Å². The van der Waals surface area contributed by atoms with Crippen molar-refractivity contribution in [1.82, 2.24) is 4.90 Å². The lowest BCUT2D eigenvalue weighted by atomic mass is 10.1. The summed E-state index contributed by atoms with van der Waals surface area (Å²) in [6.07, 6.45) is 1.67. The first-order valence-electron chi connectivity index (χ1n) is 8.09. The fourth-order valence-electron chi connectivity index (χ4n) is 2.60. The van der Waals surface area contributed by atoms with Crippen LogP contribution >= 0.6 is 11.8 Å². The molecule has 0 radical (unpaired) electrons. The minimum absolute atomic E-state index is 0.0822. The highest BCUT2D eigenvalue weighted by atomic mass is 32.2. The Kier molecular flexibility index (Phi) is 5.40. The highest BCUT2D eigenvalue weighted by Gasteiger charge is 2.35. The van der Waals surface area contributed by atoms with Crippen LogP contribution in [0.15, 0.2) is 53.4 Å². The maximum atomic E-state index is 12.7. The molecule has 0 saturated carbocycles. The predicted molar refractivity (Wildman–Crippen MR) is 100 cm³/mol. The van der Waals surface area contributed by atoms with E-state index in [0.29, 0.717) is 28.4 Å². The summed E-state index contributed by atoms with van der Waals surface area (Å²) in [6, 6.07) is 16.4. The van der Waals surface area contributed by atoms with E-state index in [4.69, 9.17) is 4.74 Å². The summed E-state index contributed by atoms with van der Waals surface area (Å²) < 4.78 is 5.56.